The Morgan fingerprint density at radius 2 is 1.85 bits per heavy atom. The number of fused-ring (bicyclic) bond motifs is 5. The topological polar surface area (TPSA) is 95.9 Å². The Balaban J connectivity index is 1.26. The molecule has 1 aromatic carbocycles. The predicted molar refractivity (Wildman–Crippen MR) is 142 cm³/mol. The first kappa shape index (κ1) is 29.8. The fourth-order valence-corrected chi connectivity index (χ4v) is 8.37. The minimum absolute atomic E-state index is 0.111. The average Bonchev–Trinajstić information content (AvgIpc) is 3.11. The van der Waals surface area contributed by atoms with E-state index in [2.05, 4.69) is 5.32 Å². The molecule has 10 heteroatoms. The Labute approximate surface area is 236 Å². The molecular formula is C31H37F4NO5. The minimum Gasteiger partial charge on any atom is -0.494 e. The first-order valence-corrected chi connectivity index (χ1v) is 14.2. The molecule has 1 aromatic rings. The number of aliphatic hydroxyl groups excluding tert-OH is 1. The molecule has 0 saturated heterocycles. The number of hydrogen-bond donors (Lipinski definition) is 3. The van der Waals surface area contributed by atoms with E-state index < -0.39 is 57.7 Å². The molecule has 8 atom stereocenters. The van der Waals surface area contributed by atoms with Crippen molar-refractivity contribution in [1.82, 2.24) is 5.32 Å². The second-order valence-electron chi connectivity index (χ2n) is 12.6. The molecule has 0 radical (unpaired) electrons. The van der Waals surface area contributed by atoms with E-state index in [4.69, 9.17) is 4.74 Å². The first-order chi connectivity index (χ1) is 19.1. The molecule has 1 amide bonds. The first-order valence-electron chi connectivity index (χ1n) is 14.2. The molecule has 0 spiro atoms. The van der Waals surface area contributed by atoms with Gasteiger partial charge >= 0.3 is 6.18 Å². The van der Waals surface area contributed by atoms with Gasteiger partial charge in [-0.15, -0.1) is 0 Å². The number of ketones is 1. The van der Waals surface area contributed by atoms with Gasteiger partial charge in [-0.05, 0) is 87.3 Å². The Kier molecular flexibility index (Phi) is 7.21. The maximum Gasteiger partial charge on any atom is 0.416 e. The molecule has 0 heterocycles. The third-order valence-corrected chi connectivity index (χ3v) is 10.6. The molecule has 0 unspecified atom stereocenters. The lowest BCUT2D eigenvalue weighted by Gasteiger charge is -2.62. The third-order valence-electron chi connectivity index (χ3n) is 10.6. The number of halogens is 4. The highest BCUT2D eigenvalue weighted by Crippen LogP contribution is 2.70. The van der Waals surface area contributed by atoms with Crippen LogP contribution in [0.25, 0.3) is 0 Å². The number of carbonyl (C=O) groups is 2. The zero-order valence-electron chi connectivity index (χ0n) is 23.4. The van der Waals surface area contributed by atoms with Crippen molar-refractivity contribution in [3.8, 4) is 5.75 Å². The van der Waals surface area contributed by atoms with Crippen LogP contribution in [0.15, 0.2) is 48.1 Å². The predicted octanol–water partition coefficient (Wildman–Crippen LogP) is 4.94. The van der Waals surface area contributed by atoms with Crippen molar-refractivity contribution in [3.05, 3.63) is 53.6 Å². The van der Waals surface area contributed by atoms with E-state index in [0.29, 0.717) is 31.3 Å². The van der Waals surface area contributed by atoms with E-state index >= 15 is 4.39 Å². The highest BCUT2D eigenvalue weighted by Gasteiger charge is 2.75. The standard InChI is InChI=1S/C31H37F4NO5/c1-18-15-24-23-10-7-20-16-21(37)11-12-27(20,2)29(23,32)25(38)17-28(24,3)30(18,40)26(39)36-13-4-14-41-22-8-5-19(6-9-22)31(33,34)35/h5-6,8-9,11-12,16,18,23-25,38,40H,4,7,10,13-15,17H2,1-3H3,(H,36,39)/t18-,23+,24+,25+,27+,28+,29+,30+/m1/s1. The van der Waals surface area contributed by atoms with Crippen molar-refractivity contribution in [2.45, 2.75) is 76.4 Å². The van der Waals surface area contributed by atoms with E-state index in [1.165, 1.54) is 24.3 Å². The van der Waals surface area contributed by atoms with Crippen molar-refractivity contribution in [3.63, 3.8) is 0 Å². The normalized spacial score (nSPS) is 39.8. The van der Waals surface area contributed by atoms with Gasteiger partial charge in [0.2, 0.25) is 0 Å². The van der Waals surface area contributed by atoms with Crippen LogP contribution < -0.4 is 10.1 Å². The van der Waals surface area contributed by atoms with E-state index in [9.17, 15) is 33.0 Å². The largest absolute Gasteiger partial charge is 0.494 e. The summed E-state index contributed by atoms with van der Waals surface area (Å²) in [5.41, 5.74) is -6.23. The van der Waals surface area contributed by atoms with Crippen molar-refractivity contribution in [2.24, 2.45) is 28.6 Å². The smallest absolute Gasteiger partial charge is 0.416 e. The monoisotopic (exact) mass is 579 g/mol. The summed E-state index contributed by atoms with van der Waals surface area (Å²) in [4.78, 5) is 25.6. The van der Waals surface area contributed by atoms with Crippen LogP contribution >= 0.6 is 0 Å². The minimum atomic E-state index is -4.43. The number of benzene rings is 1. The van der Waals surface area contributed by atoms with Gasteiger partial charge in [0.15, 0.2) is 17.1 Å². The van der Waals surface area contributed by atoms with Crippen LogP contribution in [0, 0.1) is 28.6 Å². The van der Waals surface area contributed by atoms with Crippen molar-refractivity contribution in [2.75, 3.05) is 13.2 Å². The van der Waals surface area contributed by atoms with Gasteiger partial charge in [-0.2, -0.15) is 13.2 Å². The van der Waals surface area contributed by atoms with Gasteiger partial charge in [0.05, 0.1) is 18.3 Å². The maximum atomic E-state index is 17.2. The number of allylic oxidation sites excluding steroid dienone is 4. The van der Waals surface area contributed by atoms with Crippen LogP contribution in [-0.4, -0.2) is 52.4 Å². The summed E-state index contributed by atoms with van der Waals surface area (Å²) in [5, 5.41) is 26.2. The Morgan fingerprint density at radius 3 is 2.51 bits per heavy atom. The maximum absolute atomic E-state index is 17.2. The van der Waals surface area contributed by atoms with Gasteiger partial charge in [-0.3, -0.25) is 9.59 Å². The summed E-state index contributed by atoms with van der Waals surface area (Å²) in [6.07, 6.45) is 0.0689. The Bertz CT molecular complexity index is 1280. The molecular weight excluding hydrogens is 542 g/mol. The molecule has 0 aliphatic heterocycles. The molecule has 4 aliphatic carbocycles. The molecule has 0 aromatic heterocycles. The highest BCUT2D eigenvalue weighted by atomic mass is 19.4. The SMILES string of the molecule is C[C@@H]1C[C@H]2[C@@H]3CCC4=CC(=O)C=C[C@]4(C)[C@@]3(F)[C@@H](O)C[C@]2(C)[C@@]1(O)C(=O)NCCCOc1ccc(C(F)(F)F)cc1. The third kappa shape index (κ3) is 4.35. The Morgan fingerprint density at radius 1 is 1.17 bits per heavy atom. The van der Waals surface area contributed by atoms with Gasteiger partial charge < -0.3 is 20.3 Å². The number of amides is 1. The van der Waals surface area contributed by atoms with Crippen LogP contribution in [0.3, 0.4) is 0 Å². The molecule has 3 N–H and O–H groups in total. The second kappa shape index (κ2) is 9.93. The van der Waals surface area contributed by atoms with Crippen LogP contribution in [0.4, 0.5) is 17.6 Å². The second-order valence-corrected chi connectivity index (χ2v) is 12.6. The molecule has 224 valence electrons. The summed E-state index contributed by atoms with van der Waals surface area (Å²) >= 11 is 0. The van der Waals surface area contributed by atoms with Crippen molar-refractivity contribution >= 4 is 11.7 Å². The zero-order valence-corrected chi connectivity index (χ0v) is 23.4. The van der Waals surface area contributed by atoms with Crippen molar-refractivity contribution in [1.29, 1.82) is 0 Å². The summed E-state index contributed by atoms with van der Waals surface area (Å²) in [7, 11) is 0. The van der Waals surface area contributed by atoms with E-state index in [-0.39, 0.29) is 37.0 Å². The van der Waals surface area contributed by atoms with Gasteiger partial charge in [0.25, 0.3) is 5.91 Å². The van der Waals surface area contributed by atoms with Gasteiger partial charge in [-0.25, -0.2) is 4.39 Å². The molecule has 41 heavy (non-hydrogen) atoms. The lowest BCUT2D eigenvalue weighted by Crippen LogP contribution is -2.70. The number of aliphatic hydroxyl groups is 2. The lowest BCUT2D eigenvalue weighted by molar-refractivity contribution is -0.219. The molecule has 4 aliphatic rings. The molecule has 5 rings (SSSR count). The Hall–Kier alpha value is -2.72. The lowest BCUT2D eigenvalue weighted by atomic mass is 9.44. The van der Waals surface area contributed by atoms with Crippen LogP contribution in [-0.2, 0) is 15.8 Å². The zero-order chi connectivity index (χ0) is 30.0. The fourth-order valence-electron chi connectivity index (χ4n) is 8.37. The molecule has 0 bridgehead atoms. The van der Waals surface area contributed by atoms with Crippen LogP contribution in [0.2, 0.25) is 0 Å². The van der Waals surface area contributed by atoms with Crippen LogP contribution in [0.5, 0.6) is 5.75 Å². The summed E-state index contributed by atoms with van der Waals surface area (Å²) in [6.45, 7) is 5.56. The summed E-state index contributed by atoms with van der Waals surface area (Å²) in [5.74, 6) is -1.99. The van der Waals surface area contributed by atoms with E-state index in [1.807, 2.05) is 0 Å². The molecule has 6 nitrogen and oxygen atoms in total. The van der Waals surface area contributed by atoms with E-state index in [0.717, 1.165) is 12.1 Å². The number of rotatable bonds is 6. The number of nitrogens with one attached hydrogen (secondary N) is 1. The average molecular weight is 580 g/mol. The summed E-state index contributed by atoms with van der Waals surface area (Å²) in [6, 6.07) is 4.33. The highest BCUT2D eigenvalue weighted by molar-refractivity contribution is 6.01. The van der Waals surface area contributed by atoms with Gasteiger partial charge in [-0.1, -0.05) is 25.5 Å². The van der Waals surface area contributed by atoms with Gasteiger partial charge in [0, 0.05) is 23.3 Å². The quantitative estimate of drug-likeness (QED) is 0.328. The molecule has 3 fully saturated rings. The number of ether oxygens (including phenoxy) is 1. The van der Waals surface area contributed by atoms with E-state index in [1.54, 1.807) is 26.8 Å². The summed E-state index contributed by atoms with van der Waals surface area (Å²) < 4.78 is 60.9. The number of carbonyl (C=O) groups excluding carboxylic acids is 2. The number of alkyl halides is 4. The van der Waals surface area contributed by atoms with Crippen LogP contribution in [0.1, 0.15) is 58.4 Å². The van der Waals surface area contributed by atoms with Gasteiger partial charge in [0.1, 0.15) is 5.75 Å². The number of hydrogen-bond acceptors (Lipinski definition) is 5. The fraction of sp³-hybridized carbons (Fsp3) is 0.613. The van der Waals surface area contributed by atoms with Crippen molar-refractivity contribution < 1.29 is 42.1 Å². The molecule has 3 saturated carbocycles.